The zero-order valence-electron chi connectivity index (χ0n) is 13.3. The molecule has 0 aliphatic rings. The number of aromatic amines is 1. The van der Waals surface area contributed by atoms with Crippen LogP contribution in [0.15, 0.2) is 59.5 Å². The molecule has 0 spiro atoms. The lowest BCUT2D eigenvalue weighted by Crippen LogP contribution is -2.08. The number of aromatic nitrogens is 4. The first-order chi connectivity index (χ1) is 12.1. The third-order valence-corrected chi connectivity index (χ3v) is 4.00. The maximum atomic E-state index is 13.4. The van der Waals surface area contributed by atoms with E-state index in [1.807, 2.05) is 31.3 Å². The van der Waals surface area contributed by atoms with Crippen LogP contribution in [0.5, 0.6) is 0 Å². The van der Waals surface area contributed by atoms with E-state index in [2.05, 4.69) is 20.6 Å². The van der Waals surface area contributed by atoms with Crippen LogP contribution in [0, 0.1) is 5.82 Å². The molecule has 124 valence electrons. The molecule has 0 amide bonds. The molecule has 2 N–H and O–H groups in total. The van der Waals surface area contributed by atoms with Gasteiger partial charge in [-0.1, -0.05) is 5.21 Å². The number of H-pyrrole nitrogens is 1. The Morgan fingerprint density at radius 1 is 1.12 bits per heavy atom. The van der Waals surface area contributed by atoms with Crippen molar-refractivity contribution in [1.29, 1.82) is 0 Å². The average Bonchev–Trinajstić information content (AvgIpc) is 3.11. The van der Waals surface area contributed by atoms with Gasteiger partial charge in [-0.05, 0) is 48.5 Å². The van der Waals surface area contributed by atoms with Crippen molar-refractivity contribution in [1.82, 2.24) is 20.0 Å². The fourth-order valence-corrected chi connectivity index (χ4v) is 2.66. The van der Waals surface area contributed by atoms with E-state index in [4.69, 9.17) is 0 Å². The van der Waals surface area contributed by atoms with Crippen LogP contribution in [0.25, 0.3) is 27.8 Å². The molecule has 0 atom stereocenters. The summed E-state index contributed by atoms with van der Waals surface area (Å²) in [6, 6.07) is 13.5. The third-order valence-electron chi connectivity index (χ3n) is 4.00. The van der Waals surface area contributed by atoms with Crippen LogP contribution in [0.4, 0.5) is 10.1 Å². The fraction of sp³-hybridized carbons (Fsp3) is 0.0556. The summed E-state index contributed by atoms with van der Waals surface area (Å²) in [6.07, 6.45) is 1.67. The van der Waals surface area contributed by atoms with E-state index in [9.17, 15) is 9.18 Å². The molecule has 0 aliphatic carbocycles. The van der Waals surface area contributed by atoms with Crippen LogP contribution >= 0.6 is 0 Å². The van der Waals surface area contributed by atoms with Gasteiger partial charge in [0.05, 0.1) is 17.4 Å². The molecule has 4 aromatic rings. The van der Waals surface area contributed by atoms with Gasteiger partial charge in [-0.2, -0.15) is 0 Å². The second-order valence-electron chi connectivity index (χ2n) is 5.59. The Bertz CT molecular complexity index is 1110. The highest BCUT2D eigenvalue weighted by molar-refractivity contribution is 5.82. The second kappa shape index (κ2) is 5.86. The number of benzene rings is 2. The first-order valence-corrected chi connectivity index (χ1v) is 7.67. The molecule has 2 aromatic heterocycles. The summed E-state index contributed by atoms with van der Waals surface area (Å²) in [5, 5.41) is 11.8. The van der Waals surface area contributed by atoms with Gasteiger partial charge in [0, 0.05) is 23.6 Å². The van der Waals surface area contributed by atoms with Crippen molar-refractivity contribution in [2.45, 2.75) is 0 Å². The lowest BCUT2D eigenvalue weighted by molar-refractivity contribution is 0.629. The minimum absolute atomic E-state index is 0.295. The van der Waals surface area contributed by atoms with E-state index in [1.165, 1.54) is 18.2 Å². The Hall–Kier alpha value is -3.48. The largest absolute Gasteiger partial charge is 0.388 e. The van der Waals surface area contributed by atoms with E-state index in [1.54, 1.807) is 16.9 Å². The lowest BCUT2D eigenvalue weighted by Gasteiger charge is -2.02. The number of nitrogens with one attached hydrogen (secondary N) is 2. The molecule has 25 heavy (non-hydrogen) atoms. The van der Waals surface area contributed by atoms with Crippen LogP contribution < -0.4 is 10.9 Å². The second-order valence-corrected chi connectivity index (χ2v) is 5.59. The first-order valence-electron chi connectivity index (χ1n) is 7.67. The smallest absolute Gasteiger partial charge is 0.258 e. The molecule has 2 aromatic carbocycles. The molecular formula is C18H14FN5O. The molecule has 0 saturated carbocycles. The van der Waals surface area contributed by atoms with Crippen molar-refractivity contribution in [3.8, 4) is 16.9 Å². The zero-order valence-corrected chi connectivity index (χ0v) is 13.3. The standard InChI is InChI=1S/C18H14FN5O/c1-20-13-3-5-14(6-4-13)24-10-17(22-23-24)15-9-11-8-12(19)2-7-16(11)21-18(15)25/h2-10,20H,1H3,(H,21,25). The van der Waals surface area contributed by atoms with Crippen LogP contribution in [0.3, 0.4) is 0 Å². The number of fused-ring (bicyclic) bond motifs is 1. The van der Waals surface area contributed by atoms with Crippen molar-refractivity contribution in [2.24, 2.45) is 0 Å². The van der Waals surface area contributed by atoms with Crippen LogP contribution in [0.1, 0.15) is 0 Å². The molecule has 0 fully saturated rings. The summed E-state index contributed by atoms with van der Waals surface area (Å²) in [7, 11) is 1.84. The van der Waals surface area contributed by atoms with E-state index >= 15 is 0 Å². The fourth-order valence-electron chi connectivity index (χ4n) is 2.66. The number of nitrogens with zero attached hydrogens (tertiary/aromatic N) is 3. The maximum Gasteiger partial charge on any atom is 0.258 e. The van der Waals surface area contributed by atoms with E-state index < -0.39 is 0 Å². The maximum absolute atomic E-state index is 13.4. The monoisotopic (exact) mass is 335 g/mol. The van der Waals surface area contributed by atoms with Gasteiger partial charge in [0.2, 0.25) is 0 Å². The Morgan fingerprint density at radius 2 is 1.92 bits per heavy atom. The Morgan fingerprint density at radius 3 is 2.68 bits per heavy atom. The van der Waals surface area contributed by atoms with Crippen molar-refractivity contribution >= 4 is 16.6 Å². The molecule has 0 aliphatic heterocycles. The van der Waals surface area contributed by atoms with Gasteiger partial charge in [0.1, 0.15) is 11.5 Å². The summed E-state index contributed by atoms with van der Waals surface area (Å²) in [6.45, 7) is 0. The van der Waals surface area contributed by atoms with Crippen molar-refractivity contribution in [3.05, 3.63) is 70.9 Å². The summed E-state index contributed by atoms with van der Waals surface area (Å²) in [5.41, 5.74) is 2.85. The van der Waals surface area contributed by atoms with Crippen molar-refractivity contribution in [2.75, 3.05) is 12.4 Å². The number of hydrogen-bond acceptors (Lipinski definition) is 4. The SMILES string of the molecule is CNc1ccc(-n2cc(-c3cc4cc(F)ccc4[nH]c3=O)nn2)cc1. The van der Waals surface area contributed by atoms with Crippen LogP contribution in [-0.4, -0.2) is 27.0 Å². The Labute approximate surface area is 141 Å². The van der Waals surface area contributed by atoms with Gasteiger partial charge in [0.15, 0.2) is 0 Å². The number of rotatable bonds is 3. The molecule has 6 nitrogen and oxygen atoms in total. The topological polar surface area (TPSA) is 75.6 Å². The summed E-state index contributed by atoms with van der Waals surface area (Å²) >= 11 is 0. The van der Waals surface area contributed by atoms with Gasteiger partial charge >= 0.3 is 0 Å². The third kappa shape index (κ3) is 2.76. The summed E-state index contributed by atoms with van der Waals surface area (Å²) < 4.78 is 15.0. The zero-order chi connectivity index (χ0) is 17.4. The van der Waals surface area contributed by atoms with Gasteiger partial charge in [-0.25, -0.2) is 9.07 Å². The predicted molar refractivity (Wildman–Crippen MR) is 94.4 cm³/mol. The van der Waals surface area contributed by atoms with Gasteiger partial charge in [0.25, 0.3) is 5.56 Å². The first kappa shape index (κ1) is 15.1. The minimum atomic E-state index is -0.362. The molecule has 0 radical (unpaired) electrons. The molecule has 2 heterocycles. The normalized spacial score (nSPS) is 11.0. The molecule has 0 bridgehead atoms. The van der Waals surface area contributed by atoms with Crippen LogP contribution in [0.2, 0.25) is 0 Å². The highest BCUT2D eigenvalue weighted by Gasteiger charge is 2.11. The molecule has 0 saturated heterocycles. The summed E-state index contributed by atoms with van der Waals surface area (Å²) in [5.74, 6) is -0.362. The predicted octanol–water partition coefficient (Wildman–Crippen LogP) is 2.96. The van der Waals surface area contributed by atoms with Crippen molar-refractivity contribution < 1.29 is 4.39 Å². The van der Waals surface area contributed by atoms with Gasteiger partial charge in [-0.3, -0.25) is 4.79 Å². The van der Waals surface area contributed by atoms with Crippen molar-refractivity contribution in [3.63, 3.8) is 0 Å². The number of anilines is 1. The number of halogens is 1. The average molecular weight is 335 g/mol. The Kier molecular flexibility index (Phi) is 3.53. The lowest BCUT2D eigenvalue weighted by atomic mass is 10.1. The Balaban J connectivity index is 1.77. The minimum Gasteiger partial charge on any atom is -0.388 e. The van der Waals surface area contributed by atoms with Gasteiger partial charge in [-0.15, -0.1) is 5.10 Å². The molecule has 7 heteroatoms. The van der Waals surface area contributed by atoms with Gasteiger partial charge < -0.3 is 10.3 Å². The van der Waals surface area contributed by atoms with E-state index in [-0.39, 0.29) is 11.4 Å². The molecular weight excluding hydrogens is 321 g/mol. The van der Waals surface area contributed by atoms with Crippen LogP contribution in [-0.2, 0) is 0 Å². The highest BCUT2D eigenvalue weighted by atomic mass is 19.1. The van der Waals surface area contributed by atoms with E-state index in [0.717, 1.165) is 11.4 Å². The highest BCUT2D eigenvalue weighted by Crippen LogP contribution is 2.20. The number of hydrogen-bond donors (Lipinski definition) is 2. The molecule has 4 rings (SSSR count). The quantitative estimate of drug-likeness (QED) is 0.603. The molecule has 0 unspecified atom stereocenters. The van der Waals surface area contributed by atoms with E-state index in [0.29, 0.717) is 22.2 Å². The number of pyridine rings is 1. The summed E-state index contributed by atoms with van der Waals surface area (Å²) in [4.78, 5) is 15.1.